The monoisotopic (exact) mass is 295 g/mol. The quantitative estimate of drug-likeness (QED) is 0.807. The molecule has 5 nitrogen and oxygen atoms in total. The van der Waals surface area contributed by atoms with Gasteiger partial charge in [-0.15, -0.1) is 0 Å². The van der Waals surface area contributed by atoms with Crippen molar-refractivity contribution in [2.75, 3.05) is 12.4 Å². The molecule has 5 heteroatoms. The number of rotatable bonds is 3. The summed E-state index contributed by atoms with van der Waals surface area (Å²) >= 11 is 0. The number of hydrogen-bond acceptors (Lipinski definition) is 3. The van der Waals surface area contributed by atoms with Gasteiger partial charge in [-0.25, -0.2) is 4.98 Å². The Bertz CT molecular complexity index is 852. The number of fused-ring (bicyclic) bond motifs is 1. The summed E-state index contributed by atoms with van der Waals surface area (Å²) in [4.78, 5) is 16.8. The first-order chi connectivity index (χ1) is 10.6. The Morgan fingerprint density at radius 2 is 1.95 bits per heavy atom. The minimum absolute atomic E-state index is 0.259. The summed E-state index contributed by atoms with van der Waals surface area (Å²) in [6, 6.07) is 9.54. The standard InChI is InChI=1S/C17H17N3O2/c1-11-4-5-15(22-3)13(8-11)19-17(21)14-10-20-7-6-12(2)9-16(20)18-14/h4-10H,1-3H3,(H,19,21). The van der Waals surface area contributed by atoms with E-state index < -0.39 is 0 Å². The molecule has 0 atom stereocenters. The van der Waals surface area contributed by atoms with Crippen LogP contribution in [0.15, 0.2) is 42.7 Å². The van der Waals surface area contributed by atoms with Crippen LogP contribution in [0.4, 0.5) is 5.69 Å². The molecule has 2 aromatic heterocycles. The number of hydrogen-bond donors (Lipinski definition) is 1. The fraction of sp³-hybridized carbons (Fsp3) is 0.176. The van der Waals surface area contributed by atoms with E-state index in [1.165, 1.54) is 0 Å². The highest BCUT2D eigenvalue weighted by atomic mass is 16.5. The predicted octanol–water partition coefficient (Wildman–Crippen LogP) is 3.21. The van der Waals surface area contributed by atoms with Gasteiger partial charge in [0.05, 0.1) is 12.8 Å². The number of imidazole rings is 1. The number of aromatic nitrogens is 2. The maximum absolute atomic E-state index is 12.4. The van der Waals surface area contributed by atoms with Gasteiger partial charge < -0.3 is 14.5 Å². The highest BCUT2D eigenvalue weighted by molar-refractivity contribution is 6.04. The molecule has 1 amide bonds. The zero-order valence-corrected chi connectivity index (χ0v) is 12.8. The zero-order chi connectivity index (χ0) is 15.7. The number of carbonyl (C=O) groups excluding carboxylic acids is 1. The Balaban J connectivity index is 1.91. The van der Waals surface area contributed by atoms with Crippen molar-refractivity contribution in [2.45, 2.75) is 13.8 Å². The van der Waals surface area contributed by atoms with Crippen molar-refractivity contribution in [3.8, 4) is 5.75 Å². The van der Waals surface area contributed by atoms with Gasteiger partial charge in [-0.3, -0.25) is 4.79 Å². The first-order valence-electron chi connectivity index (χ1n) is 6.98. The molecule has 0 unspecified atom stereocenters. The second-order valence-corrected chi connectivity index (χ2v) is 5.25. The lowest BCUT2D eigenvalue weighted by molar-refractivity contribution is 0.102. The van der Waals surface area contributed by atoms with E-state index in [0.717, 1.165) is 16.8 Å². The lowest BCUT2D eigenvalue weighted by Gasteiger charge is -2.09. The third-order valence-electron chi connectivity index (χ3n) is 3.45. The number of carbonyl (C=O) groups is 1. The fourth-order valence-electron chi connectivity index (χ4n) is 2.30. The van der Waals surface area contributed by atoms with Crippen molar-refractivity contribution in [3.05, 3.63) is 59.5 Å². The maximum Gasteiger partial charge on any atom is 0.275 e. The molecule has 3 rings (SSSR count). The van der Waals surface area contributed by atoms with Crippen molar-refractivity contribution in [1.82, 2.24) is 9.38 Å². The molecule has 0 spiro atoms. The molecule has 112 valence electrons. The number of benzene rings is 1. The largest absolute Gasteiger partial charge is 0.495 e. The predicted molar refractivity (Wildman–Crippen MR) is 85.6 cm³/mol. The van der Waals surface area contributed by atoms with Crippen LogP contribution in [0.1, 0.15) is 21.6 Å². The summed E-state index contributed by atoms with van der Waals surface area (Å²) in [5.74, 6) is 0.365. The van der Waals surface area contributed by atoms with Crippen LogP contribution in [0.3, 0.4) is 0 Å². The number of ether oxygens (including phenoxy) is 1. The molecule has 3 aromatic rings. The van der Waals surface area contributed by atoms with Gasteiger partial charge in [-0.1, -0.05) is 6.07 Å². The van der Waals surface area contributed by atoms with Gasteiger partial charge in [0.2, 0.25) is 0 Å². The lowest BCUT2D eigenvalue weighted by Crippen LogP contribution is -2.13. The van der Waals surface area contributed by atoms with Gasteiger partial charge in [0.15, 0.2) is 0 Å². The summed E-state index contributed by atoms with van der Waals surface area (Å²) in [6.07, 6.45) is 3.61. The number of amides is 1. The Morgan fingerprint density at radius 3 is 2.73 bits per heavy atom. The Kier molecular flexibility index (Phi) is 3.55. The maximum atomic E-state index is 12.4. The summed E-state index contributed by atoms with van der Waals surface area (Å²) in [6.45, 7) is 3.95. The van der Waals surface area contributed by atoms with Crippen molar-refractivity contribution < 1.29 is 9.53 Å². The lowest BCUT2D eigenvalue weighted by atomic mass is 10.2. The van der Waals surface area contributed by atoms with Crippen LogP contribution in [0.2, 0.25) is 0 Å². The number of anilines is 1. The Hall–Kier alpha value is -2.82. The Labute approximate surface area is 128 Å². The highest BCUT2D eigenvalue weighted by Gasteiger charge is 2.13. The van der Waals surface area contributed by atoms with E-state index in [9.17, 15) is 4.79 Å². The Morgan fingerprint density at radius 1 is 1.18 bits per heavy atom. The third-order valence-corrected chi connectivity index (χ3v) is 3.45. The highest BCUT2D eigenvalue weighted by Crippen LogP contribution is 2.25. The molecule has 0 aliphatic heterocycles. The minimum atomic E-state index is -0.259. The number of nitrogens with one attached hydrogen (secondary N) is 1. The van der Waals surface area contributed by atoms with Crippen molar-refractivity contribution in [1.29, 1.82) is 0 Å². The van der Waals surface area contributed by atoms with Crippen LogP contribution in [0.25, 0.3) is 5.65 Å². The summed E-state index contributed by atoms with van der Waals surface area (Å²) in [7, 11) is 1.58. The topological polar surface area (TPSA) is 55.6 Å². The summed E-state index contributed by atoms with van der Waals surface area (Å²) in [5.41, 5.74) is 3.91. The number of methoxy groups -OCH3 is 1. The van der Waals surface area contributed by atoms with Crippen LogP contribution in [-0.2, 0) is 0 Å². The molecule has 1 aromatic carbocycles. The third kappa shape index (κ3) is 2.65. The van der Waals surface area contributed by atoms with E-state index in [1.54, 1.807) is 13.3 Å². The van der Waals surface area contributed by atoms with Gasteiger partial charge in [0, 0.05) is 12.4 Å². The zero-order valence-electron chi connectivity index (χ0n) is 12.8. The van der Waals surface area contributed by atoms with Crippen LogP contribution < -0.4 is 10.1 Å². The molecule has 0 radical (unpaired) electrons. The number of nitrogens with zero attached hydrogens (tertiary/aromatic N) is 2. The molecular weight excluding hydrogens is 278 g/mol. The smallest absolute Gasteiger partial charge is 0.275 e. The molecule has 2 heterocycles. The average molecular weight is 295 g/mol. The second-order valence-electron chi connectivity index (χ2n) is 5.25. The average Bonchev–Trinajstić information content (AvgIpc) is 2.90. The molecule has 22 heavy (non-hydrogen) atoms. The molecule has 0 saturated carbocycles. The minimum Gasteiger partial charge on any atom is -0.495 e. The van der Waals surface area contributed by atoms with E-state index in [-0.39, 0.29) is 5.91 Å². The molecule has 0 fully saturated rings. The van der Waals surface area contributed by atoms with Crippen molar-refractivity contribution in [2.24, 2.45) is 0 Å². The molecule has 0 bridgehead atoms. The van der Waals surface area contributed by atoms with Gasteiger partial charge in [0.25, 0.3) is 5.91 Å². The van der Waals surface area contributed by atoms with Crippen LogP contribution >= 0.6 is 0 Å². The number of pyridine rings is 1. The molecule has 0 aliphatic rings. The fourth-order valence-corrected chi connectivity index (χ4v) is 2.30. The molecule has 0 aliphatic carbocycles. The SMILES string of the molecule is COc1ccc(C)cc1NC(=O)c1cn2ccc(C)cc2n1. The van der Waals surface area contributed by atoms with E-state index in [2.05, 4.69) is 10.3 Å². The van der Waals surface area contributed by atoms with Crippen molar-refractivity contribution >= 4 is 17.2 Å². The van der Waals surface area contributed by atoms with Gasteiger partial charge in [0.1, 0.15) is 17.1 Å². The molecule has 1 N–H and O–H groups in total. The number of aryl methyl sites for hydroxylation is 2. The van der Waals surface area contributed by atoms with E-state index in [4.69, 9.17) is 4.74 Å². The van der Waals surface area contributed by atoms with E-state index in [0.29, 0.717) is 17.1 Å². The van der Waals surface area contributed by atoms with Gasteiger partial charge in [-0.05, 0) is 49.2 Å². The van der Waals surface area contributed by atoms with Crippen molar-refractivity contribution in [3.63, 3.8) is 0 Å². The normalized spacial score (nSPS) is 10.7. The summed E-state index contributed by atoms with van der Waals surface area (Å²) < 4.78 is 7.10. The van der Waals surface area contributed by atoms with E-state index in [1.807, 2.05) is 54.8 Å². The first kappa shape index (κ1) is 14.1. The van der Waals surface area contributed by atoms with Crippen LogP contribution in [-0.4, -0.2) is 22.4 Å². The van der Waals surface area contributed by atoms with Crippen LogP contribution in [0.5, 0.6) is 5.75 Å². The van der Waals surface area contributed by atoms with Crippen LogP contribution in [0, 0.1) is 13.8 Å². The second kappa shape index (κ2) is 5.52. The van der Waals surface area contributed by atoms with E-state index >= 15 is 0 Å². The molecular formula is C17H17N3O2. The molecule has 0 saturated heterocycles. The first-order valence-corrected chi connectivity index (χ1v) is 6.98. The summed E-state index contributed by atoms with van der Waals surface area (Å²) in [5, 5.41) is 2.85. The van der Waals surface area contributed by atoms with Gasteiger partial charge in [-0.2, -0.15) is 0 Å². The van der Waals surface area contributed by atoms with Gasteiger partial charge >= 0.3 is 0 Å².